The van der Waals surface area contributed by atoms with Crippen molar-refractivity contribution in [1.82, 2.24) is 24.8 Å². The van der Waals surface area contributed by atoms with Crippen LogP contribution in [0, 0.1) is 5.92 Å². The molecule has 0 bridgehead atoms. The molecule has 0 saturated carbocycles. The maximum Gasteiger partial charge on any atom is 0.279 e. The minimum atomic E-state index is -2.97. The fourth-order valence-electron chi connectivity index (χ4n) is 5.99. The number of para-hydroxylation sites is 1. The van der Waals surface area contributed by atoms with Gasteiger partial charge in [0.1, 0.15) is 0 Å². The number of ether oxygens (including phenoxy) is 1. The molecule has 4 atom stereocenters. The fourth-order valence-corrected chi connectivity index (χ4v) is 8.58. The van der Waals surface area contributed by atoms with Crippen LogP contribution in [0.15, 0.2) is 59.5 Å². The molecule has 2 N–H and O–H groups in total. The Morgan fingerprint density at radius 3 is 2.68 bits per heavy atom. The van der Waals surface area contributed by atoms with Gasteiger partial charge in [0.2, 0.25) is 8.41 Å². The number of aliphatic hydroxyl groups excluding tert-OH is 1. The number of aromatic amines is 1. The third kappa shape index (κ3) is 5.52. The average Bonchev–Trinajstić information content (AvgIpc) is 3.57. The molecule has 38 heavy (non-hydrogen) atoms. The summed E-state index contributed by atoms with van der Waals surface area (Å²) in [6, 6.07) is 15.5. The number of nitrogens with zero attached hydrogens (tertiary/aromatic N) is 4. The maximum atomic E-state index is 15.5. The van der Waals surface area contributed by atoms with E-state index in [2.05, 4.69) is 28.4 Å². The van der Waals surface area contributed by atoms with Crippen LogP contribution in [0.5, 0.6) is 0 Å². The van der Waals surface area contributed by atoms with E-state index in [1.807, 2.05) is 48.7 Å². The number of aromatic nitrogens is 5. The first-order chi connectivity index (χ1) is 18.2. The lowest BCUT2D eigenvalue weighted by molar-refractivity contribution is 0.0247. The van der Waals surface area contributed by atoms with Crippen LogP contribution in [0.4, 0.5) is 4.11 Å². The Morgan fingerprint density at radius 1 is 1.11 bits per heavy atom. The van der Waals surface area contributed by atoms with Gasteiger partial charge in [0.15, 0.2) is 0 Å². The van der Waals surface area contributed by atoms with Crippen molar-refractivity contribution in [2.24, 2.45) is 5.92 Å². The zero-order valence-corrected chi connectivity index (χ0v) is 23.2. The lowest BCUT2D eigenvalue weighted by Gasteiger charge is -2.28. The van der Waals surface area contributed by atoms with Gasteiger partial charge in [-0.05, 0) is 68.1 Å². The van der Waals surface area contributed by atoms with E-state index in [0.29, 0.717) is 24.8 Å². The van der Waals surface area contributed by atoms with E-state index in [9.17, 15) is 4.79 Å². The second kappa shape index (κ2) is 11.0. The molecule has 4 aromatic rings. The van der Waals surface area contributed by atoms with Crippen molar-refractivity contribution >= 4 is 19.3 Å². The molecule has 1 saturated heterocycles. The van der Waals surface area contributed by atoms with E-state index in [0.717, 1.165) is 35.3 Å². The van der Waals surface area contributed by atoms with Crippen molar-refractivity contribution < 1.29 is 14.0 Å². The third-order valence-electron chi connectivity index (χ3n) is 7.77. The fraction of sp³-hybridized carbons (Fsp3) is 0.464. The Balaban J connectivity index is 1.27. The molecule has 8 nitrogen and oxygen atoms in total. The highest BCUT2D eigenvalue weighted by Gasteiger charge is 2.50. The Morgan fingerprint density at radius 2 is 1.92 bits per heavy atom. The predicted octanol–water partition coefficient (Wildman–Crippen LogP) is 4.42. The molecule has 202 valence electrons. The maximum absolute atomic E-state index is 15.5. The van der Waals surface area contributed by atoms with E-state index in [1.54, 1.807) is 22.5 Å². The molecule has 5 rings (SSSR count). The van der Waals surface area contributed by atoms with Crippen LogP contribution in [-0.4, -0.2) is 57.1 Å². The van der Waals surface area contributed by atoms with E-state index in [-0.39, 0.29) is 35.8 Å². The molecule has 0 unspecified atom stereocenters. The van der Waals surface area contributed by atoms with Crippen molar-refractivity contribution in [3.05, 3.63) is 76.3 Å². The summed E-state index contributed by atoms with van der Waals surface area (Å²) in [6.07, 6.45) is 4.35. The molecule has 0 amide bonds. The van der Waals surface area contributed by atoms with Crippen molar-refractivity contribution in [3.63, 3.8) is 0 Å². The molecule has 1 aliphatic rings. The smallest absolute Gasteiger partial charge is 0.279 e. The summed E-state index contributed by atoms with van der Waals surface area (Å²) < 4.78 is 25.3. The summed E-state index contributed by atoms with van der Waals surface area (Å²) in [6.45, 7) is 6.32. The predicted molar refractivity (Wildman–Crippen MR) is 148 cm³/mol. The Kier molecular flexibility index (Phi) is 7.65. The largest absolute Gasteiger partial charge is 0.396 e. The molecule has 10 heteroatoms. The molecular weight excluding hydrogens is 501 g/mol. The highest BCUT2D eigenvalue weighted by molar-refractivity contribution is 6.72. The molecule has 0 aliphatic carbocycles. The Labute approximate surface area is 222 Å². The summed E-state index contributed by atoms with van der Waals surface area (Å²) in [5, 5.41) is 21.2. The van der Waals surface area contributed by atoms with E-state index in [1.165, 1.54) is 0 Å². The van der Waals surface area contributed by atoms with Crippen molar-refractivity contribution in [2.75, 3.05) is 6.61 Å². The van der Waals surface area contributed by atoms with Crippen LogP contribution in [-0.2, 0) is 24.1 Å². The Bertz CT molecular complexity index is 1440. The number of nitrogens with one attached hydrogen (secondary N) is 1. The zero-order valence-electron chi connectivity index (χ0n) is 22.2. The number of aliphatic hydroxyl groups is 1. The standard InChI is InChI=1S/C28H36FN5O3Si/c1-19-25(37-26(27(19)38(2,3)29)13-15-33-18-21(14-16-35)30-32-33)12-11-20-7-6-8-22(17-20)34-28(36)23-9-4-5-10-24(23)31-34/h4-10,17-19,25-27,31,35H,11-16H2,1-3H3/t19-,25+,26-,27+/m0/s1. The summed E-state index contributed by atoms with van der Waals surface area (Å²) in [4.78, 5) is 12.9. The van der Waals surface area contributed by atoms with Crippen molar-refractivity contribution in [3.8, 4) is 5.69 Å². The molecule has 2 aromatic carbocycles. The first-order valence-electron chi connectivity index (χ1n) is 13.4. The minimum absolute atomic E-state index is 0.0346. The number of H-pyrrole nitrogens is 1. The van der Waals surface area contributed by atoms with Gasteiger partial charge in [-0.3, -0.25) is 14.6 Å². The highest BCUT2D eigenvalue weighted by Crippen LogP contribution is 2.47. The summed E-state index contributed by atoms with van der Waals surface area (Å²) in [5.41, 5.74) is 3.30. The topological polar surface area (TPSA) is 98.0 Å². The summed E-state index contributed by atoms with van der Waals surface area (Å²) in [5.74, 6) is 0.117. The monoisotopic (exact) mass is 537 g/mol. The lowest BCUT2D eigenvalue weighted by Crippen LogP contribution is -2.36. The number of hydrogen-bond donors (Lipinski definition) is 2. The minimum Gasteiger partial charge on any atom is -0.396 e. The molecule has 0 radical (unpaired) electrons. The molecule has 0 spiro atoms. The molecule has 1 aliphatic heterocycles. The number of rotatable bonds is 10. The van der Waals surface area contributed by atoms with Gasteiger partial charge < -0.3 is 14.0 Å². The van der Waals surface area contributed by atoms with Gasteiger partial charge in [0.25, 0.3) is 5.56 Å². The van der Waals surface area contributed by atoms with Crippen LogP contribution in [0.1, 0.15) is 31.0 Å². The van der Waals surface area contributed by atoms with Gasteiger partial charge in [-0.1, -0.05) is 36.4 Å². The number of benzene rings is 2. The van der Waals surface area contributed by atoms with Crippen LogP contribution >= 0.6 is 0 Å². The SMILES string of the molecule is C[C@@H]1[C@@H]([Si](C)(C)F)[C@H](CCn2cc(CCO)nn2)O[C@@H]1CCc1cccc(-n2[nH]c3ccccc3c2=O)c1. The first kappa shape index (κ1) is 26.5. The van der Waals surface area contributed by atoms with E-state index in [4.69, 9.17) is 9.84 Å². The summed E-state index contributed by atoms with van der Waals surface area (Å²) in [7, 11) is -2.97. The quantitative estimate of drug-likeness (QED) is 0.231. The van der Waals surface area contributed by atoms with Crippen molar-refractivity contribution in [1.29, 1.82) is 0 Å². The molecule has 1 fully saturated rings. The summed E-state index contributed by atoms with van der Waals surface area (Å²) >= 11 is 0. The number of fused-ring (bicyclic) bond motifs is 1. The van der Waals surface area contributed by atoms with Gasteiger partial charge >= 0.3 is 0 Å². The van der Waals surface area contributed by atoms with Crippen molar-refractivity contribution in [2.45, 2.75) is 70.0 Å². The van der Waals surface area contributed by atoms with Gasteiger partial charge in [0, 0.05) is 31.3 Å². The normalized spacial score (nSPS) is 21.9. The second-order valence-electron chi connectivity index (χ2n) is 10.9. The number of halogens is 1. The van der Waals surface area contributed by atoms with Gasteiger partial charge in [0.05, 0.1) is 34.5 Å². The van der Waals surface area contributed by atoms with E-state index < -0.39 is 8.41 Å². The van der Waals surface area contributed by atoms with Crippen LogP contribution < -0.4 is 5.56 Å². The molecular formula is C28H36FN5O3Si. The molecule has 2 aromatic heterocycles. The van der Waals surface area contributed by atoms with Gasteiger partial charge in [-0.25, -0.2) is 4.68 Å². The van der Waals surface area contributed by atoms with E-state index >= 15 is 4.11 Å². The van der Waals surface area contributed by atoms with Crippen LogP contribution in [0.3, 0.4) is 0 Å². The average molecular weight is 538 g/mol. The second-order valence-corrected chi connectivity index (χ2v) is 14.7. The van der Waals surface area contributed by atoms with Gasteiger partial charge in [-0.2, -0.15) is 0 Å². The number of aryl methyl sites for hydroxylation is 2. The number of hydrogen-bond acceptors (Lipinski definition) is 5. The zero-order chi connectivity index (χ0) is 26.9. The molecule has 3 heterocycles. The highest BCUT2D eigenvalue weighted by atomic mass is 28.4. The first-order valence-corrected chi connectivity index (χ1v) is 16.3. The lowest BCUT2D eigenvalue weighted by atomic mass is 9.95. The van der Waals surface area contributed by atoms with Gasteiger partial charge in [-0.15, -0.1) is 5.10 Å². The Hall–Kier alpha value is -3.08. The van der Waals surface area contributed by atoms with Crippen LogP contribution in [0.2, 0.25) is 18.6 Å². The van der Waals surface area contributed by atoms with Crippen LogP contribution in [0.25, 0.3) is 16.6 Å². The third-order valence-corrected chi connectivity index (χ3v) is 10.3.